The molecule has 0 saturated heterocycles. The number of hydrogen-bond acceptors (Lipinski definition) is 2. The van der Waals surface area contributed by atoms with Gasteiger partial charge in [0, 0.05) is 12.6 Å². The number of allylic oxidation sites excluding steroid dienone is 1. The first-order valence-electron chi connectivity index (χ1n) is 7.40. The van der Waals surface area contributed by atoms with Crippen LogP contribution in [0.15, 0.2) is 12.3 Å². The lowest BCUT2D eigenvalue weighted by molar-refractivity contribution is 0.116. The van der Waals surface area contributed by atoms with E-state index in [1.807, 2.05) is 6.26 Å². The maximum atomic E-state index is 5.60. The van der Waals surface area contributed by atoms with Crippen molar-refractivity contribution in [3.8, 4) is 0 Å². The number of ether oxygens (including phenoxy) is 1. The van der Waals surface area contributed by atoms with Crippen LogP contribution in [0.25, 0.3) is 0 Å². The van der Waals surface area contributed by atoms with Crippen LogP contribution in [0.4, 0.5) is 0 Å². The Balaban J connectivity index is 1.68. The molecule has 2 nitrogen and oxygen atoms in total. The van der Waals surface area contributed by atoms with E-state index >= 15 is 0 Å². The number of hydrogen-bond donors (Lipinski definition) is 1. The summed E-state index contributed by atoms with van der Waals surface area (Å²) in [6, 6.07) is 0.655. The predicted molar refractivity (Wildman–Crippen MR) is 71.9 cm³/mol. The Kier molecular flexibility index (Phi) is 5.37. The molecule has 1 unspecified atom stereocenters. The van der Waals surface area contributed by atoms with E-state index in [-0.39, 0.29) is 0 Å². The summed E-state index contributed by atoms with van der Waals surface area (Å²) >= 11 is 0. The Labute approximate surface area is 106 Å². The van der Waals surface area contributed by atoms with Crippen LogP contribution in [0.3, 0.4) is 0 Å². The fourth-order valence-electron chi connectivity index (χ4n) is 3.03. The monoisotopic (exact) mass is 237 g/mol. The average Bonchev–Trinajstić information content (AvgIpc) is 2.66. The molecule has 0 amide bonds. The summed E-state index contributed by atoms with van der Waals surface area (Å²) in [5.74, 6) is 0.886. The molecule has 0 radical (unpaired) electrons. The van der Waals surface area contributed by atoms with Crippen LogP contribution >= 0.6 is 0 Å². The molecule has 0 aromatic carbocycles. The van der Waals surface area contributed by atoms with Crippen LogP contribution in [0, 0.1) is 5.92 Å². The summed E-state index contributed by atoms with van der Waals surface area (Å²) in [5.41, 5.74) is 0. The zero-order valence-electron chi connectivity index (χ0n) is 11.2. The standard InChI is InChI=1S/C15H27NO/c1-13(14-8-4-2-3-5-9-14)16-12-15-10-6-7-11-17-15/h7,11,13-16H,2-6,8-10,12H2,1H3/t13-,15?/m0/s1. The molecule has 1 fully saturated rings. The summed E-state index contributed by atoms with van der Waals surface area (Å²) in [7, 11) is 0. The van der Waals surface area contributed by atoms with Crippen LogP contribution in [0.5, 0.6) is 0 Å². The quantitative estimate of drug-likeness (QED) is 0.754. The van der Waals surface area contributed by atoms with Crippen molar-refractivity contribution in [2.24, 2.45) is 5.92 Å². The van der Waals surface area contributed by atoms with Crippen LogP contribution < -0.4 is 5.32 Å². The minimum atomic E-state index is 0.397. The van der Waals surface area contributed by atoms with Gasteiger partial charge in [0.1, 0.15) is 6.10 Å². The maximum absolute atomic E-state index is 5.60. The van der Waals surface area contributed by atoms with Gasteiger partial charge in [-0.05, 0) is 44.6 Å². The zero-order valence-corrected chi connectivity index (χ0v) is 11.2. The maximum Gasteiger partial charge on any atom is 0.110 e. The molecular weight excluding hydrogens is 210 g/mol. The molecule has 1 saturated carbocycles. The largest absolute Gasteiger partial charge is 0.497 e. The molecule has 2 rings (SSSR count). The van der Waals surface area contributed by atoms with E-state index in [1.165, 1.54) is 51.4 Å². The lowest BCUT2D eigenvalue weighted by Gasteiger charge is -2.27. The molecule has 1 aliphatic carbocycles. The van der Waals surface area contributed by atoms with Crippen molar-refractivity contribution in [3.05, 3.63) is 12.3 Å². The van der Waals surface area contributed by atoms with E-state index < -0.39 is 0 Å². The zero-order chi connectivity index (χ0) is 11.9. The molecule has 98 valence electrons. The van der Waals surface area contributed by atoms with Gasteiger partial charge in [0.05, 0.1) is 6.26 Å². The van der Waals surface area contributed by atoms with Gasteiger partial charge in [-0.3, -0.25) is 0 Å². The molecule has 2 atom stereocenters. The molecule has 1 aliphatic heterocycles. The van der Waals surface area contributed by atoms with Gasteiger partial charge in [0.25, 0.3) is 0 Å². The average molecular weight is 237 g/mol. The SMILES string of the molecule is C[C@H](NCC1CCC=CO1)C1CCCCCC1. The van der Waals surface area contributed by atoms with Crippen molar-refractivity contribution in [2.75, 3.05) is 6.54 Å². The van der Waals surface area contributed by atoms with Crippen LogP contribution in [-0.2, 0) is 4.74 Å². The summed E-state index contributed by atoms with van der Waals surface area (Å²) in [4.78, 5) is 0. The minimum Gasteiger partial charge on any atom is -0.497 e. The third kappa shape index (κ3) is 4.34. The van der Waals surface area contributed by atoms with E-state index in [9.17, 15) is 0 Å². The highest BCUT2D eigenvalue weighted by Crippen LogP contribution is 2.25. The molecule has 0 aromatic heterocycles. The van der Waals surface area contributed by atoms with Crippen molar-refractivity contribution in [2.45, 2.75) is 70.4 Å². The van der Waals surface area contributed by atoms with E-state index in [4.69, 9.17) is 4.74 Å². The fraction of sp³-hybridized carbons (Fsp3) is 0.867. The molecule has 1 N–H and O–H groups in total. The lowest BCUT2D eigenvalue weighted by atomic mass is 9.93. The van der Waals surface area contributed by atoms with Gasteiger partial charge >= 0.3 is 0 Å². The van der Waals surface area contributed by atoms with Gasteiger partial charge in [-0.1, -0.05) is 25.7 Å². The highest BCUT2D eigenvalue weighted by Gasteiger charge is 2.20. The first kappa shape index (κ1) is 12.9. The van der Waals surface area contributed by atoms with Gasteiger partial charge in [-0.2, -0.15) is 0 Å². The molecular formula is C15H27NO. The third-order valence-corrected chi connectivity index (χ3v) is 4.30. The highest BCUT2D eigenvalue weighted by molar-refractivity contribution is 4.84. The lowest BCUT2D eigenvalue weighted by Crippen LogP contribution is -2.39. The Morgan fingerprint density at radius 2 is 1.94 bits per heavy atom. The topological polar surface area (TPSA) is 21.3 Å². The van der Waals surface area contributed by atoms with Gasteiger partial charge < -0.3 is 10.1 Å². The second-order valence-electron chi connectivity index (χ2n) is 5.66. The van der Waals surface area contributed by atoms with E-state index in [0.29, 0.717) is 12.1 Å². The Hall–Kier alpha value is -0.500. The Bertz CT molecular complexity index is 231. The van der Waals surface area contributed by atoms with Crippen molar-refractivity contribution >= 4 is 0 Å². The molecule has 2 heteroatoms. The van der Waals surface area contributed by atoms with Crippen LogP contribution in [0.2, 0.25) is 0 Å². The van der Waals surface area contributed by atoms with Crippen molar-refractivity contribution in [1.82, 2.24) is 5.32 Å². The summed E-state index contributed by atoms with van der Waals surface area (Å²) in [6.07, 6.45) is 15.3. The van der Waals surface area contributed by atoms with Crippen molar-refractivity contribution < 1.29 is 4.74 Å². The van der Waals surface area contributed by atoms with Crippen molar-refractivity contribution in [1.29, 1.82) is 0 Å². The molecule has 2 aliphatic rings. The summed E-state index contributed by atoms with van der Waals surface area (Å²) < 4.78 is 5.60. The third-order valence-electron chi connectivity index (χ3n) is 4.30. The fourth-order valence-corrected chi connectivity index (χ4v) is 3.03. The van der Waals surface area contributed by atoms with Crippen LogP contribution in [0.1, 0.15) is 58.3 Å². The highest BCUT2D eigenvalue weighted by atomic mass is 16.5. The second-order valence-corrected chi connectivity index (χ2v) is 5.66. The van der Waals surface area contributed by atoms with Crippen molar-refractivity contribution in [3.63, 3.8) is 0 Å². The van der Waals surface area contributed by atoms with Gasteiger partial charge in [0.2, 0.25) is 0 Å². The molecule has 17 heavy (non-hydrogen) atoms. The summed E-state index contributed by atoms with van der Waals surface area (Å²) in [6.45, 7) is 3.37. The molecule has 0 spiro atoms. The second kappa shape index (κ2) is 7.05. The molecule has 0 bridgehead atoms. The van der Waals surface area contributed by atoms with Crippen LogP contribution in [-0.4, -0.2) is 18.7 Å². The van der Waals surface area contributed by atoms with Gasteiger partial charge in [0.15, 0.2) is 0 Å². The number of nitrogens with one attached hydrogen (secondary N) is 1. The first-order valence-corrected chi connectivity index (χ1v) is 7.40. The summed E-state index contributed by atoms with van der Waals surface area (Å²) in [5, 5.41) is 3.69. The molecule has 0 aromatic rings. The smallest absolute Gasteiger partial charge is 0.110 e. The molecule has 1 heterocycles. The van der Waals surface area contributed by atoms with E-state index in [2.05, 4.69) is 18.3 Å². The van der Waals surface area contributed by atoms with Gasteiger partial charge in [-0.15, -0.1) is 0 Å². The Morgan fingerprint density at radius 3 is 2.59 bits per heavy atom. The van der Waals surface area contributed by atoms with E-state index in [0.717, 1.165) is 12.5 Å². The Morgan fingerprint density at radius 1 is 1.18 bits per heavy atom. The van der Waals surface area contributed by atoms with Gasteiger partial charge in [-0.25, -0.2) is 0 Å². The minimum absolute atomic E-state index is 0.397. The van der Waals surface area contributed by atoms with E-state index in [1.54, 1.807) is 0 Å². The first-order chi connectivity index (χ1) is 8.36. The normalized spacial score (nSPS) is 28.4. The number of rotatable bonds is 4. The predicted octanol–water partition coefficient (Wildman–Crippen LogP) is 3.63.